The molecular formula is C22H20Br2N4O6. The Morgan fingerprint density at radius 3 is 2.71 bits per heavy atom. The summed E-state index contributed by atoms with van der Waals surface area (Å²) in [7, 11) is 1.19. The number of methoxy groups -OCH3 is 1. The molecule has 0 aliphatic carbocycles. The number of fused-ring (bicyclic) bond motifs is 1. The Morgan fingerprint density at radius 2 is 2.06 bits per heavy atom. The van der Waals surface area contributed by atoms with E-state index in [2.05, 4.69) is 46.7 Å². The Labute approximate surface area is 211 Å². The molecule has 0 saturated carbocycles. The molecule has 0 saturated heterocycles. The van der Waals surface area contributed by atoms with Crippen LogP contribution in [0.25, 0.3) is 10.9 Å². The molecule has 2 aromatic carbocycles. The Balaban J connectivity index is 2.10. The van der Waals surface area contributed by atoms with Crippen LogP contribution < -0.4 is 10.3 Å². The summed E-state index contributed by atoms with van der Waals surface area (Å²) in [5.41, 5.74) is 0.153. The minimum absolute atomic E-state index is 0.0620. The van der Waals surface area contributed by atoms with E-state index >= 15 is 0 Å². The molecule has 0 amide bonds. The molecule has 0 aliphatic rings. The average molecular weight is 596 g/mol. The third-order valence-electron chi connectivity index (χ3n) is 5.01. The molecule has 0 fully saturated rings. The standard InChI is InChI=1S/C22H20Br2N4O6/c1-4-12(2)21-26-17-6-5-14(23)9-15(17)22(30)27(21)25-10-13-7-16(24)20(18(8-13)28(31)32)34-11-19(29)33-3/h5-10,12H,4,11H2,1-3H3/t12-/m1/s1. The van der Waals surface area contributed by atoms with Crippen molar-refractivity contribution in [2.75, 3.05) is 13.7 Å². The van der Waals surface area contributed by atoms with Crippen molar-refractivity contribution >= 4 is 60.6 Å². The normalized spacial score (nSPS) is 12.1. The molecule has 0 N–H and O–H groups in total. The predicted octanol–water partition coefficient (Wildman–Crippen LogP) is 4.78. The molecule has 0 aliphatic heterocycles. The third-order valence-corrected chi connectivity index (χ3v) is 6.10. The third kappa shape index (κ3) is 5.50. The highest BCUT2D eigenvalue weighted by Crippen LogP contribution is 2.36. The van der Waals surface area contributed by atoms with Gasteiger partial charge in [-0.05, 0) is 46.6 Å². The fourth-order valence-corrected chi connectivity index (χ4v) is 3.99. The first-order chi connectivity index (χ1) is 16.2. The number of hydrogen-bond donors (Lipinski definition) is 0. The van der Waals surface area contributed by atoms with Crippen molar-refractivity contribution in [3.8, 4) is 5.75 Å². The number of hydrogen-bond acceptors (Lipinski definition) is 8. The molecule has 0 radical (unpaired) electrons. The monoisotopic (exact) mass is 594 g/mol. The maximum atomic E-state index is 13.2. The fraction of sp³-hybridized carbons (Fsp3) is 0.273. The Hall–Kier alpha value is -3.12. The van der Waals surface area contributed by atoms with E-state index < -0.39 is 17.5 Å². The number of carbonyl (C=O) groups is 1. The van der Waals surface area contributed by atoms with E-state index in [1.807, 2.05) is 19.9 Å². The number of esters is 1. The van der Waals surface area contributed by atoms with Crippen LogP contribution in [0, 0.1) is 10.1 Å². The minimum atomic E-state index is -0.681. The van der Waals surface area contributed by atoms with Crippen molar-refractivity contribution in [3.05, 3.63) is 71.1 Å². The summed E-state index contributed by atoms with van der Waals surface area (Å²) >= 11 is 6.61. The van der Waals surface area contributed by atoms with Gasteiger partial charge >= 0.3 is 11.7 Å². The minimum Gasteiger partial charge on any atom is -0.474 e. The van der Waals surface area contributed by atoms with Gasteiger partial charge in [0.2, 0.25) is 5.75 Å². The van der Waals surface area contributed by atoms with Gasteiger partial charge in [-0.15, -0.1) is 0 Å². The summed E-state index contributed by atoms with van der Waals surface area (Å²) in [5.74, 6) is -0.389. The first kappa shape index (κ1) is 25.5. The zero-order valence-electron chi connectivity index (χ0n) is 18.4. The summed E-state index contributed by atoms with van der Waals surface area (Å²) in [6.45, 7) is 3.42. The topological polar surface area (TPSA) is 126 Å². The van der Waals surface area contributed by atoms with E-state index in [0.717, 1.165) is 10.9 Å². The quantitative estimate of drug-likeness (QED) is 0.159. The predicted molar refractivity (Wildman–Crippen MR) is 134 cm³/mol. The van der Waals surface area contributed by atoms with Crippen molar-refractivity contribution in [3.63, 3.8) is 0 Å². The number of nitro benzene ring substituents is 1. The fourth-order valence-electron chi connectivity index (χ4n) is 3.05. The lowest BCUT2D eigenvalue weighted by Gasteiger charge is -2.14. The van der Waals surface area contributed by atoms with Crippen LogP contribution in [0.1, 0.15) is 37.6 Å². The number of carbonyl (C=O) groups excluding carboxylic acids is 1. The maximum Gasteiger partial charge on any atom is 0.343 e. The average Bonchev–Trinajstić information content (AvgIpc) is 2.81. The number of aromatic nitrogens is 2. The van der Waals surface area contributed by atoms with Crippen LogP contribution in [0.2, 0.25) is 0 Å². The number of nitrogens with zero attached hydrogens (tertiary/aromatic N) is 4. The van der Waals surface area contributed by atoms with Crippen molar-refractivity contribution in [1.82, 2.24) is 9.66 Å². The maximum absolute atomic E-state index is 13.2. The summed E-state index contributed by atoms with van der Waals surface area (Å²) in [4.78, 5) is 40.2. The highest BCUT2D eigenvalue weighted by atomic mass is 79.9. The summed E-state index contributed by atoms with van der Waals surface area (Å²) in [6.07, 6.45) is 2.06. The first-order valence-corrected chi connectivity index (χ1v) is 11.7. The van der Waals surface area contributed by atoms with E-state index in [1.165, 1.54) is 30.1 Å². The molecule has 178 valence electrons. The lowest BCUT2D eigenvalue weighted by Crippen LogP contribution is -2.23. The molecule has 0 spiro atoms. The van der Waals surface area contributed by atoms with Crippen LogP contribution in [-0.2, 0) is 9.53 Å². The van der Waals surface area contributed by atoms with Crippen molar-refractivity contribution < 1.29 is 19.2 Å². The van der Waals surface area contributed by atoms with Crippen molar-refractivity contribution in [2.24, 2.45) is 5.10 Å². The van der Waals surface area contributed by atoms with Gasteiger partial charge in [-0.25, -0.2) is 9.78 Å². The van der Waals surface area contributed by atoms with E-state index in [4.69, 9.17) is 4.74 Å². The van der Waals surface area contributed by atoms with Crippen LogP contribution in [-0.4, -0.2) is 40.5 Å². The highest BCUT2D eigenvalue weighted by molar-refractivity contribution is 9.10. The van der Waals surface area contributed by atoms with Gasteiger partial charge in [-0.2, -0.15) is 9.78 Å². The lowest BCUT2D eigenvalue weighted by molar-refractivity contribution is -0.385. The van der Waals surface area contributed by atoms with Gasteiger partial charge in [-0.3, -0.25) is 14.9 Å². The van der Waals surface area contributed by atoms with E-state index in [0.29, 0.717) is 22.3 Å². The van der Waals surface area contributed by atoms with Gasteiger partial charge in [0, 0.05) is 22.0 Å². The first-order valence-electron chi connectivity index (χ1n) is 10.1. The van der Waals surface area contributed by atoms with Gasteiger partial charge in [0.05, 0.1) is 33.6 Å². The summed E-state index contributed by atoms with van der Waals surface area (Å²) in [6, 6.07) is 8.01. The van der Waals surface area contributed by atoms with Crippen molar-refractivity contribution in [2.45, 2.75) is 26.2 Å². The van der Waals surface area contributed by atoms with Gasteiger partial charge in [0.25, 0.3) is 5.56 Å². The van der Waals surface area contributed by atoms with Crippen LogP contribution in [0.15, 0.2) is 49.2 Å². The van der Waals surface area contributed by atoms with Crippen LogP contribution in [0.4, 0.5) is 5.69 Å². The molecular weight excluding hydrogens is 576 g/mol. The molecule has 10 nitrogen and oxygen atoms in total. The number of halogens is 2. The smallest absolute Gasteiger partial charge is 0.343 e. The van der Waals surface area contributed by atoms with Gasteiger partial charge in [0.1, 0.15) is 5.82 Å². The highest BCUT2D eigenvalue weighted by Gasteiger charge is 2.22. The zero-order chi connectivity index (χ0) is 25.0. The molecule has 0 bridgehead atoms. The van der Waals surface area contributed by atoms with E-state index in [9.17, 15) is 19.7 Å². The molecule has 1 atom stereocenters. The second-order valence-electron chi connectivity index (χ2n) is 7.28. The molecule has 3 rings (SSSR count). The van der Waals surface area contributed by atoms with Crippen molar-refractivity contribution in [1.29, 1.82) is 0 Å². The molecule has 1 aromatic heterocycles. The molecule has 12 heteroatoms. The molecule has 3 aromatic rings. The Kier molecular flexibility index (Phi) is 8.15. The van der Waals surface area contributed by atoms with Gasteiger partial charge in [0.15, 0.2) is 6.61 Å². The number of benzene rings is 2. The number of nitro groups is 1. The van der Waals surface area contributed by atoms with Gasteiger partial charge in [-0.1, -0.05) is 29.8 Å². The second kappa shape index (κ2) is 10.9. The Bertz CT molecular complexity index is 1360. The SMILES string of the molecule is CC[C@@H](C)c1nc2ccc(Br)cc2c(=O)n1N=Cc1cc(Br)c(OCC(=O)OC)c([N+](=O)[O-])c1. The molecule has 34 heavy (non-hydrogen) atoms. The summed E-state index contributed by atoms with van der Waals surface area (Å²) < 4.78 is 11.9. The number of ether oxygens (including phenoxy) is 2. The molecule has 1 heterocycles. The largest absolute Gasteiger partial charge is 0.474 e. The van der Waals surface area contributed by atoms with Gasteiger partial charge < -0.3 is 9.47 Å². The van der Waals surface area contributed by atoms with Crippen LogP contribution in [0.3, 0.4) is 0 Å². The second-order valence-corrected chi connectivity index (χ2v) is 9.05. The van der Waals surface area contributed by atoms with E-state index in [1.54, 1.807) is 12.1 Å². The van der Waals surface area contributed by atoms with Crippen LogP contribution in [0.5, 0.6) is 5.75 Å². The lowest BCUT2D eigenvalue weighted by atomic mass is 10.1. The summed E-state index contributed by atoms with van der Waals surface area (Å²) in [5, 5.41) is 16.3. The number of rotatable bonds is 8. The Morgan fingerprint density at radius 1 is 1.32 bits per heavy atom. The molecule has 0 unspecified atom stereocenters. The van der Waals surface area contributed by atoms with Crippen LogP contribution >= 0.6 is 31.9 Å². The zero-order valence-corrected chi connectivity index (χ0v) is 21.6. The van der Waals surface area contributed by atoms with E-state index in [-0.39, 0.29) is 27.4 Å².